The first-order chi connectivity index (χ1) is 17.4. The van der Waals surface area contributed by atoms with Gasteiger partial charge in [-0.15, -0.1) is 6.58 Å². The van der Waals surface area contributed by atoms with Crippen LogP contribution in [0.15, 0.2) is 12.7 Å². The Kier molecular flexibility index (Phi) is 22.0. The second-order valence-electron chi connectivity index (χ2n) is 8.07. The van der Waals surface area contributed by atoms with Gasteiger partial charge in [-0.25, -0.2) is 17.6 Å². The third kappa shape index (κ3) is 17.7. The summed E-state index contributed by atoms with van der Waals surface area (Å²) < 4.78 is 229. The van der Waals surface area contributed by atoms with E-state index in [2.05, 4.69) is 6.58 Å². The van der Waals surface area contributed by atoms with Gasteiger partial charge < -0.3 is 0 Å². The fraction of sp³-hybridized carbons (Fsp3) is 0.889. The normalized spacial score (nSPS) is 17.9. The van der Waals surface area contributed by atoms with Crippen molar-refractivity contribution in [2.45, 2.75) is 95.5 Å². The van der Waals surface area contributed by atoms with Gasteiger partial charge in [-0.2, -0.15) is 65.9 Å². The van der Waals surface area contributed by atoms with E-state index in [0.717, 1.165) is 28.7 Å². The summed E-state index contributed by atoms with van der Waals surface area (Å²) >= 11 is 3.09. The molecule has 0 saturated carbocycles. The molecular weight excluding hydrogens is 883 g/mol. The minimum absolute atomic E-state index is 0. The molecule has 0 amide bonds. The van der Waals surface area contributed by atoms with Crippen molar-refractivity contribution in [3.63, 3.8) is 0 Å². The molecule has 24 heteroatoms. The molecule has 0 spiro atoms. The molecule has 0 rings (SSSR count). The summed E-state index contributed by atoms with van der Waals surface area (Å²) in [6.07, 6.45) is -31.7. The topological polar surface area (TPSA) is 23.9 Å². The molecule has 0 fully saturated rings. The molecule has 0 aromatic heterocycles. The van der Waals surface area contributed by atoms with Crippen molar-refractivity contribution in [1.82, 2.24) is 0 Å². The molecule has 0 aliphatic carbocycles. The Morgan fingerprint density at radius 2 is 0.857 bits per heavy atom. The standard InChI is InChI=1S/C9H8F11I.C6H8F4.C3H3F4I.Al.B.HN/c1-5(10,7(12,13)14)2-4(21)3-6(11,8(15,16)17)9(18,19)20;1-3-4-5(2,7)6(8,9)10;1-2(4,8)3(5,6)7;;;/h4H,2-3H2,1H3;3H,1,4H2,2H3;1H3;;;1H. The maximum absolute atomic E-state index is 13.3. The summed E-state index contributed by atoms with van der Waals surface area (Å²) in [6.45, 7) is 3.94. The molecule has 0 saturated heterocycles. The van der Waals surface area contributed by atoms with Gasteiger partial charge in [0.25, 0.3) is 9.34 Å². The second kappa shape index (κ2) is 17.8. The van der Waals surface area contributed by atoms with Crippen LogP contribution in [0.2, 0.25) is 0 Å². The third-order valence-corrected chi connectivity index (χ3v) is 5.71. The van der Waals surface area contributed by atoms with E-state index in [1.807, 2.05) is 0 Å². The van der Waals surface area contributed by atoms with E-state index in [4.69, 9.17) is 4.35 Å². The van der Waals surface area contributed by atoms with Crippen LogP contribution in [0.4, 0.5) is 83.4 Å². The quantitative estimate of drug-likeness (QED) is 0.0903. The van der Waals surface area contributed by atoms with Crippen molar-refractivity contribution in [3.8, 4) is 0 Å². The summed E-state index contributed by atoms with van der Waals surface area (Å²) in [5.41, 5.74) is -12.9. The summed E-state index contributed by atoms with van der Waals surface area (Å²) in [5, 5.41) is 0. The molecule has 0 aliphatic rings. The average molecular weight is 903 g/mol. The zero-order chi connectivity index (χ0) is 34.9. The molecule has 1 nitrogen and oxygen atoms in total. The summed E-state index contributed by atoms with van der Waals surface area (Å²) in [5.74, 6) is 0. The van der Waals surface area contributed by atoms with Crippen LogP contribution in [0, 0.1) is 4.35 Å². The van der Waals surface area contributed by atoms with E-state index in [9.17, 15) is 83.4 Å². The number of hydrogen-bond donors (Lipinski definition) is 1. The van der Waals surface area contributed by atoms with Gasteiger partial charge in [0, 0.05) is 31.6 Å². The average Bonchev–Trinajstić information content (AvgIpc) is 2.64. The van der Waals surface area contributed by atoms with Gasteiger partial charge in [-0.3, -0.25) is 0 Å². The molecule has 42 heavy (non-hydrogen) atoms. The van der Waals surface area contributed by atoms with Crippen molar-refractivity contribution in [2.24, 2.45) is 0 Å². The van der Waals surface area contributed by atoms with E-state index < -0.39 is 74.8 Å². The zero-order valence-corrected chi connectivity index (χ0v) is 26.5. The molecule has 4 atom stereocenters. The van der Waals surface area contributed by atoms with Crippen molar-refractivity contribution >= 4 is 69.7 Å². The summed E-state index contributed by atoms with van der Waals surface area (Å²) in [4.78, 5) is 0. The first-order valence-corrected chi connectivity index (χ1v) is 12.6. The first-order valence-electron chi connectivity index (χ1n) is 9.73. The Balaban J connectivity index is -0.000000181. The number of rotatable bonds is 6. The number of alkyl halides is 21. The van der Waals surface area contributed by atoms with Crippen LogP contribution in [0.3, 0.4) is 0 Å². The molecule has 0 aromatic carbocycles. The maximum atomic E-state index is 13.3. The molecular formula is C18H20AlBF19I2N. The molecule has 4 unspecified atom stereocenters. The number of halogens is 21. The first kappa shape index (κ1) is 51.8. The van der Waals surface area contributed by atoms with Gasteiger partial charge in [0.1, 0.15) is 0 Å². The number of hydrogen-bond acceptors (Lipinski definition) is 1. The fourth-order valence-electron chi connectivity index (χ4n) is 1.69. The molecule has 4 radical (unpaired) electrons. The Morgan fingerprint density at radius 3 is 1.00 bits per heavy atom. The van der Waals surface area contributed by atoms with Gasteiger partial charge in [0.2, 0.25) is 11.3 Å². The van der Waals surface area contributed by atoms with Gasteiger partial charge in [0.15, 0.2) is 0 Å². The fourth-order valence-corrected chi connectivity index (χ4v) is 3.12. The van der Waals surface area contributed by atoms with Crippen molar-refractivity contribution in [2.75, 3.05) is 0 Å². The van der Waals surface area contributed by atoms with Crippen LogP contribution in [0.1, 0.15) is 40.0 Å². The number of nitrogens with one attached hydrogen (secondary N) is 1. The molecule has 0 bridgehead atoms. The number of allylic oxidation sites excluding steroid dienone is 1. The van der Waals surface area contributed by atoms with Crippen LogP contribution >= 0.6 is 45.2 Å². The Hall–Kier alpha value is 0.267. The third-order valence-electron chi connectivity index (χ3n) is 4.21. The molecule has 1 N–H and O–H groups in total. The summed E-state index contributed by atoms with van der Waals surface area (Å²) in [6, 6.07) is 0. The van der Waals surface area contributed by atoms with Crippen LogP contribution < -0.4 is 0 Å². The van der Waals surface area contributed by atoms with Crippen LogP contribution in [-0.2, 0) is 0 Å². The van der Waals surface area contributed by atoms with Crippen molar-refractivity contribution < 1.29 is 83.4 Å². The van der Waals surface area contributed by atoms with E-state index in [1.54, 1.807) is 16.1 Å². The molecule has 0 heterocycles. The van der Waals surface area contributed by atoms with E-state index in [1.165, 1.54) is 0 Å². The molecule has 0 aliphatic heterocycles. The van der Waals surface area contributed by atoms with Gasteiger partial charge in [-0.1, -0.05) is 28.7 Å². The Bertz CT molecular complexity index is 742. The van der Waals surface area contributed by atoms with E-state index >= 15 is 0 Å². The monoisotopic (exact) mass is 903 g/mol. The van der Waals surface area contributed by atoms with Crippen LogP contribution in [-0.4, -0.2) is 80.0 Å². The zero-order valence-electron chi connectivity index (χ0n) is 21.1. The van der Waals surface area contributed by atoms with Crippen molar-refractivity contribution in [3.05, 3.63) is 12.7 Å². The van der Waals surface area contributed by atoms with Crippen LogP contribution in [0.5, 0.6) is 0 Å². The Morgan fingerprint density at radius 1 is 0.595 bits per heavy atom. The SMILES string of the molecule is C=CCC(C)(F)C(F)(F)F.CC(F)(CC(I)CC(F)(C(F)(F)F)C(F)(F)F)C(F)(F)F.CC(F)(I)C(F)(F)F.[B].[NH]=[Al]. The van der Waals surface area contributed by atoms with Gasteiger partial charge in [0.05, 0.1) is 0 Å². The Labute approximate surface area is 264 Å². The second-order valence-corrected chi connectivity index (χ2v) is 11.9. The predicted molar refractivity (Wildman–Crippen MR) is 133 cm³/mol. The molecule has 0 aromatic rings. The molecule has 250 valence electrons. The van der Waals surface area contributed by atoms with Gasteiger partial charge in [-0.05, 0) is 43.4 Å². The van der Waals surface area contributed by atoms with E-state index in [0.29, 0.717) is 36.4 Å². The van der Waals surface area contributed by atoms with E-state index in [-0.39, 0.29) is 15.3 Å². The van der Waals surface area contributed by atoms with Crippen LogP contribution in [0.25, 0.3) is 0 Å². The van der Waals surface area contributed by atoms with Crippen molar-refractivity contribution in [1.29, 1.82) is 4.35 Å². The predicted octanol–water partition coefficient (Wildman–Crippen LogP) is 10.8. The minimum atomic E-state index is -6.38. The summed E-state index contributed by atoms with van der Waals surface area (Å²) in [7, 11) is 0. The van der Waals surface area contributed by atoms with Gasteiger partial charge >= 0.3 is 51.3 Å².